The quantitative estimate of drug-likeness (QED) is 0.571. The van der Waals surface area contributed by atoms with Gasteiger partial charge < -0.3 is 10.1 Å². The fourth-order valence-corrected chi connectivity index (χ4v) is 5.22. The van der Waals surface area contributed by atoms with Crippen LogP contribution in [-0.4, -0.2) is 24.2 Å². The average molecular weight is 390 g/mol. The topological polar surface area (TPSA) is 55.4 Å². The number of esters is 1. The molecule has 1 N–H and O–H groups in total. The first-order chi connectivity index (χ1) is 12.6. The minimum atomic E-state index is -0.328. The molecule has 1 aliphatic carbocycles. The summed E-state index contributed by atoms with van der Waals surface area (Å²) in [4.78, 5) is 27.1. The second-order valence-electron chi connectivity index (χ2n) is 6.43. The molecule has 2 aromatic rings. The molecule has 0 saturated heterocycles. The number of nitrogens with one attached hydrogen (secondary N) is 1. The highest BCUT2D eigenvalue weighted by Crippen LogP contribution is 2.40. The van der Waals surface area contributed by atoms with Gasteiger partial charge in [0.25, 0.3) is 0 Å². The molecule has 0 fully saturated rings. The molecule has 4 nitrogen and oxygen atoms in total. The molecule has 1 heterocycles. The number of fused-ring (bicyclic) bond motifs is 1. The van der Waals surface area contributed by atoms with E-state index in [4.69, 9.17) is 4.74 Å². The van der Waals surface area contributed by atoms with E-state index >= 15 is 0 Å². The van der Waals surface area contributed by atoms with E-state index in [0.29, 0.717) is 28.8 Å². The van der Waals surface area contributed by atoms with Crippen molar-refractivity contribution in [2.24, 2.45) is 5.92 Å². The van der Waals surface area contributed by atoms with Gasteiger partial charge in [-0.15, -0.1) is 23.1 Å². The van der Waals surface area contributed by atoms with Gasteiger partial charge in [0, 0.05) is 9.77 Å². The molecule has 1 aromatic carbocycles. The Morgan fingerprint density at radius 3 is 2.81 bits per heavy atom. The van der Waals surface area contributed by atoms with Gasteiger partial charge in [-0.1, -0.05) is 25.1 Å². The maximum atomic E-state index is 12.5. The van der Waals surface area contributed by atoms with Gasteiger partial charge in [0.15, 0.2) is 0 Å². The van der Waals surface area contributed by atoms with Crippen molar-refractivity contribution in [1.82, 2.24) is 0 Å². The molecule has 1 amide bonds. The Morgan fingerprint density at radius 2 is 2.08 bits per heavy atom. The second kappa shape index (κ2) is 8.73. The lowest BCUT2D eigenvalue weighted by atomic mass is 9.88. The van der Waals surface area contributed by atoms with Gasteiger partial charge >= 0.3 is 5.97 Å². The standard InChI is InChI=1S/C20H23NO3S2/c1-3-24-20(23)18-15-10-9-13(2)11-16(15)26-19(18)21-17(22)12-25-14-7-5-4-6-8-14/h4-8,13H,3,9-12H2,1-2H3,(H,21,22). The summed E-state index contributed by atoms with van der Waals surface area (Å²) in [5.74, 6) is 0.487. The number of rotatable bonds is 6. The predicted octanol–water partition coefficient (Wildman–Crippen LogP) is 4.78. The van der Waals surface area contributed by atoms with Crippen LogP contribution in [0, 0.1) is 5.92 Å². The number of amides is 1. The van der Waals surface area contributed by atoms with Gasteiger partial charge in [-0.2, -0.15) is 0 Å². The molecular weight excluding hydrogens is 366 g/mol. The van der Waals surface area contributed by atoms with Crippen molar-refractivity contribution >= 4 is 40.0 Å². The number of carbonyl (C=O) groups is 2. The van der Waals surface area contributed by atoms with Crippen molar-refractivity contribution in [3.8, 4) is 0 Å². The molecule has 3 rings (SSSR count). The third-order valence-electron chi connectivity index (χ3n) is 4.36. The van der Waals surface area contributed by atoms with Crippen molar-refractivity contribution < 1.29 is 14.3 Å². The fraction of sp³-hybridized carbons (Fsp3) is 0.400. The minimum Gasteiger partial charge on any atom is -0.462 e. The zero-order valence-electron chi connectivity index (χ0n) is 15.0. The van der Waals surface area contributed by atoms with Gasteiger partial charge in [0.1, 0.15) is 5.00 Å². The monoisotopic (exact) mass is 389 g/mol. The van der Waals surface area contributed by atoms with Crippen LogP contribution < -0.4 is 5.32 Å². The molecule has 6 heteroatoms. The van der Waals surface area contributed by atoms with Crippen molar-refractivity contribution in [1.29, 1.82) is 0 Å². The smallest absolute Gasteiger partial charge is 0.341 e. The number of benzene rings is 1. The lowest BCUT2D eigenvalue weighted by Gasteiger charge is -2.18. The van der Waals surface area contributed by atoms with Gasteiger partial charge in [-0.25, -0.2) is 4.79 Å². The summed E-state index contributed by atoms with van der Waals surface area (Å²) in [5, 5.41) is 3.59. The van der Waals surface area contributed by atoms with E-state index in [1.54, 1.807) is 6.92 Å². The van der Waals surface area contributed by atoms with Crippen LogP contribution in [0.4, 0.5) is 5.00 Å². The minimum absolute atomic E-state index is 0.101. The van der Waals surface area contributed by atoms with E-state index < -0.39 is 0 Å². The van der Waals surface area contributed by atoms with E-state index in [9.17, 15) is 9.59 Å². The van der Waals surface area contributed by atoms with Crippen molar-refractivity contribution in [2.45, 2.75) is 38.0 Å². The van der Waals surface area contributed by atoms with Crippen LogP contribution >= 0.6 is 23.1 Å². The molecule has 1 atom stereocenters. The highest BCUT2D eigenvalue weighted by Gasteiger charge is 2.29. The molecule has 0 radical (unpaired) electrons. The molecular formula is C20H23NO3S2. The molecule has 0 saturated carbocycles. The van der Waals surface area contributed by atoms with Crippen LogP contribution in [-0.2, 0) is 22.4 Å². The lowest BCUT2D eigenvalue weighted by Crippen LogP contribution is -2.17. The zero-order chi connectivity index (χ0) is 18.5. The fourth-order valence-electron chi connectivity index (χ4n) is 3.09. The molecule has 0 aliphatic heterocycles. The van der Waals surface area contributed by atoms with E-state index in [1.807, 2.05) is 30.3 Å². The number of ether oxygens (including phenoxy) is 1. The molecule has 1 unspecified atom stereocenters. The number of thiophene rings is 1. The molecule has 1 aliphatic rings. The molecule has 1 aromatic heterocycles. The Hall–Kier alpha value is -1.79. The van der Waals surface area contributed by atoms with Crippen LogP contribution in [0.2, 0.25) is 0 Å². The Labute approximate surface area is 162 Å². The number of hydrogen-bond donors (Lipinski definition) is 1. The number of carbonyl (C=O) groups excluding carboxylic acids is 2. The third-order valence-corrected chi connectivity index (χ3v) is 6.54. The first-order valence-electron chi connectivity index (χ1n) is 8.87. The molecule has 0 bridgehead atoms. The highest BCUT2D eigenvalue weighted by atomic mass is 32.2. The Balaban J connectivity index is 1.75. The average Bonchev–Trinajstić information content (AvgIpc) is 2.98. The third kappa shape index (κ3) is 4.48. The zero-order valence-corrected chi connectivity index (χ0v) is 16.7. The summed E-state index contributed by atoms with van der Waals surface area (Å²) in [6.07, 6.45) is 2.89. The highest BCUT2D eigenvalue weighted by molar-refractivity contribution is 8.00. The normalized spacial score (nSPS) is 16.0. The number of hydrogen-bond acceptors (Lipinski definition) is 5. The summed E-state index contributed by atoms with van der Waals surface area (Å²) >= 11 is 3.01. The van der Waals surface area contributed by atoms with Gasteiger partial charge in [0.2, 0.25) is 5.91 Å². The lowest BCUT2D eigenvalue weighted by molar-refractivity contribution is -0.113. The predicted molar refractivity (Wildman–Crippen MR) is 107 cm³/mol. The van der Waals surface area contributed by atoms with Crippen LogP contribution in [0.5, 0.6) is 0 Å². The first-order valence-corrected chi connectivity index (χ1v) is 10.7. The summed E-state index contributed by atoms with van der Waals surface area (Å²) in [6.45, 7) is 4.35. The SMILES string of the molecule is CCOC(=O)c1c(NC(=O)CSc2ccccc2)sc2c1CCC(C)C2. The summed E-state index contributed by atoms with van der Waals surface area (Å²) in [6, 6.07) is 9.81. The number of anilines is 1. The molecule has 138 valence electrons. The summed E-state index contributed by atoms with van der Waals surface area (Å²) < 4.78 is 5.24. The Morgan fingerprint density at radius 1 is 1.31 bits per heavy atom. The van der Waals surface area contributed by atoms with Crippen LogP contribution in [0.1, 0.15) is 41.1 Å². The van der Waals surface area contributed by atoms with Gasteiger partial charge in [-0.05, 0) is 49.8 Å². The maximum absolute atomic E-state index is 12.5. The van der Waals surface area contributed by atoms with E-state index in [1.165, 1.54) is 28.0 Å². The second-order valence-corrected chi connectivity index (χ2v) is 8.58. The summed E-state index contributed by atoms with van der Waals surface area (Å²) in [7, 11) is 0. The van der Waals surface area contributed by atoms with Gasteiger partial charge in [0.05, 0.1) is 17.9 Å². The largest absolute Gasteiger partial charge is 0.462 e. The van der Waals surface area contributed by atoms with Crippen molar-refractivity contribution in [3.63, 3.8) is 0 Å². The molecule has 26 heavy (non-hydrogen) atoms. The van der Waals surface area contributed by atoms with Gasteiger partial charge in [-0.3, -0.25) is 4.79 Å². The van der Waals surface area contributed by atoms with E-state index in [-0.39, 0.29) is 11.9 Å². The summed E-state index contributed by atoms with van der Waals surface area (Å²) in [5.41, 5.74) is 1.63. The van der Waals surface area contributed by atoms with Crippen LogP contribution in [0.3, 0.4) is 0 Å². The maximum Gasteiger partial charge on any atom is 0.341 e. The van der Waals surface area contributed by atoms with Crippen LogP contribution in [0.25, 0.3) is 0 Å². The molecule has 0 spiro atoms. The van der Waals surface area contributed by atoms with E-state index in [0.717, 1.165) is 29.7 Å². The van der Waals surface area contributed by atoms with Crippen LogP contribution in [0.15, 0.2) is 35.2 Å². The number of thioether (sulfide) groups is 1. The van der Waals surface area contributed by atoms with Crippen molar-refractivity contribution in [3.05, 3.63) is 46.3 Å². The van der Waals surface area contributed by atoms with Crippen molar-refractivity contribution in [2.75, 3.05) is 17.7 Å². The van der Waals surface area contributed by atoms with E-state index in [2.05, 4.69) is 12.2 Å². The first kappa shape index (κ1) is 19.0. The Kier molecular flexibility index (Phi) is 6.38. The Bertz CT molecular complexity index is 786.